The number of allylic oxidation sites excluding steroid dienone is 3. The van der Waals surface area contributed by atoms with Gasteiger partial charge in [-0.15, -0.1) is 0 Å². The first-order valence-corrected chi connectivity index (χ1v) is 11.9. The van der Waals surface area contributed by atoms with Gasteiger partial charge in [-0.05, 0) is 65.6 Å². The molecule has 3 heteroatoms. The van der Waals surface area contributed by atoms with Gasteiger partial charge >= 0.3 is 0 Å². The third kappa shape index (κ3) is 13.5. The van der Waals surface area contributed by atoms with Gasteiger partial charge in [0.2, 0.25) is 0 Å². The zero-order chi connectivity index (χ0) is 21.2. The van der Waals surface area contributed by atoms with Gasteiger partial charge < -0.3 is 10.6 Å². The standard InChI is InChI=1S/C25H51N3/c1-8-10-11-15-25(22(3)4)28(20-18-26-6)19-12-14-23(5)16-17-24(13-9-2)21-27-7/h13,16,22,25-27H,8-12,14-15,17-21H2,1-7H3/b23-16+,24-13+. The first kappa shape index (κ1) is 27.4. The van der Waals surface area contributed by atoms with Crippen LogP contribution in [0, 0.1) is 5.92 Å². The number of unbranched alkanes of at least 4 members (excludes halogenated alkanes) is 2. The molecule has 2 N–H and O–H groups in total. The second kappa shape index (κ2) is 18.4. The summed E-state index contributed by atoms with van der Waals surface area (Å²) in [5.41, 5.74) is 3.05. The van der Waals surface area contributed by atoms with Gasteiger partial charge in [-0.2, -0.15) is 0 Å². The summed E-state index contributed by atoms with van der Waals surface area (Å²) in [7, 11) is 4.10. The lowest BCUT2D eigenvalue weighted by atomic mass is 9.95. The molecule has 1 atom stereocenters. The topological polar surface area (TPSA) is 27.3 Å². The SMILES string of the molecule is CC/C=C(\C/C=C(\C)CCCN(CCNC)C(CCCCC)C(C)C)CNC. The van der Waals surface area contributed by atoms with Crippen molar-refractivity contribution >= 4 is 0 Å². The average molecular weight is 394 g/mol. The lowest BCUT2D eigenvalue weighted by molar-refractivity contribution is 0.142. The van der Waals surface area contributed by atoms with Crippen LogP contribution in [0.4, 0.5) is 0 Å². The Morgan fingerprint density at radius 3 is 2.29 bits per heavy atom. The van der Waals surface area contributed by atoms with Gasteiger partial charge in [0.1, 0.15) is 0 Å². The minimum absolute atomic E-state index is 0.721. The lowest BCUT2D eigenvalue weighted by Gasteiger charge is -2.35. The summed E-state index contributed by atoms with van der Waals surface area (Å²) in [5, 5.41) is 6.64. The van der Waals surface area contributed by atoms with Crippen molar-refractivity contribution in [3.63, 3.8) is 0 Å². The van der Waals surface area contributed by atoms with E-state index in [0.717, 1.165) is 37.9 Å². The van der Waals surface area contributed by atoms with Crippen LogP contribution in [0.25, 0.3) is 0 Å². The molecule has 0 aromatic carbocycles. The summed E-state index contributed by atoms with van der Waals surface area (Å²) in [6.45, 7) is 16.1. The van der Waals surface area contributed by atoms with Crippen LogP contribution < -0.4 is 10.6 Å². The molecule has 0 aromatic rings. The van der Waals surface area contributed by atoms with E-state index in [1.54, 1.807) is 5.57 Å². The molecule has 0 heterocycles. The molecule has 0 aliphatic rings. The molecule has 0 saturated heterocycles. The molecule has 0 saturated carbocycles. The molecular formula is C25H51N3. The van der Waals surface area contributed by atoms with E-state index in [2.05, 4.69) is 69.4 Å². The summed E-state index contributed by atoms with van der Waals surface area (Å²) < 4.78 is 0. The monoisotopic (exact) mass is 393 g/mol. The van der Waals surface area contributed by atoms with Crippen LogP contribution >= 0.6 is 0 Å². The van der Waals surface area contributed by atoms with Crippen molar-refractivity contribution in [1.29, 1.82) is 0 Å². The molecule has 0 amide bonds. The number of hydrogen-bond donors (Lipinski definition) is 2. The molecule has 0 radical (unpaired) electrons. The van der Waals surface area contributed by atoms with Crippen LogP contribution in [0.15, 0.2) is 23.3 Å². The molecule has 0 spiro atoms. The second-order valence-corrected chi connectivity index (χ2v) is 8.61. The summed E-state index contributed by atoms with van der Waals surface area (Å²) >= 11 is 0. The van der Waals surface area contributed by atoms with Crippen LogP contribution in [0.5, 0.6) is 0 Å². The van der Waals surface area contributed by atoms with Crippen molar-refractivity contribution in [2.24, 2.45) is 5.92 Å². The Hall–Kier alpha value is -0.640. The highest BCUT2D eigenvalue weighted by Crippen LogP contribution is 2.19. The third-order valence-electron chi connectivity index (χ3n) is 5.62. The van der Waals surface area contributed by atoms with Crippen molar-refractivity contribution in [2.75, 3.05) is 40.3 Å². The summed E-state index contributed by atoms with van der Waals surface area (Å²) in [5.74, 6) is 0.730. The maximum absolute atomic E-state index is 3.35. The van der Waals surface area contributed by atoms with Gasteiger partial charge in [0.05, 0.1) is 0 Å². The number of nitrogens with one attached hydrogen (secondary N) is 2. The van der Waals surface area contributed by atoms with E-state index in [1.165, 1.54) is 57.2 Å². The molecule has 28 heavy (non-hydrogen) atoms. The predicted octanol–water partition coefficient (Wildman–Crippen LogP) is 5.79. The van der Waals surface area contributed by atoms with E-state index in [9.17, 15) is 0 Å². The Labute approximate surface area is 177 Å². The Balaban J connectivity index is 4.66. The maximum atomic E-state index is 3.35. The number of hydrogen-bond acceptors (Lipinski definition) is 3. The highest BCUT2D eigenvalue weighted by atomic mass is 15.2. The van der Waals surface area contributed by atoms with E-state index >= 15 is 0 Å². The van der Waals surface area contributed by atoms with Crippen LogP contribution in [-0.2, 0) is 0 Å². The Bertz CT molecular complexity index is 412. The fraction of sp³-hybridized carbons (Fsp3) is 0.840. The first-order valence-electron chi connectivity index (χ1n) is 11.9. The molecule has 0 fully saturated rings. The zero-order valence-electron chi connectivity index (χ0n) is 20.2. The van der Waals surface area contributed by atoms with Crippen molar-refractivity contribution in [3.05, 3.63) is 23.3 Å². The number of rotatable bonds is 18. The number of nitrogens with zero attached hydrogens (tertiary/aromatic N) is 1. The van der Waals surface area contributed by atoms with E-state index < -0.39 is 0 Å². The lowest BCUT2D eigenvalue weighted by Crippen LogP contribution is -2.43. The van der Waals surface area contributed by atoms with Gasteiger partial charge in [0, 0.05) is 25.7 Å². The van der Waals surface area contributed by atoms with Gasteiger partial charge in [-0.25, -0.2) is 0 Å². The number of likely N-dealkylation sites (N-methyl/N-ethyl adjacent to an activating group) is 2. The second-order valence-electron chi connectivity index (χ2n) is 8.61. The molecular weight excluding hydrogens is 342 g/mol. The summed E-state index contributed by atoms with van der Waals surface area (Å²) in [6.07, 6.45) is 14.9. The molecule has 1 unspecified atom stereocenters. The van der Waals surface area contributed by atoms with Crippen LogP contribution in [0.3, 0.4) is 0 Å². The van der Waals surface area contributed by atoms with E-state index in [0.29, 0.717) is 0 Å². The van der Waals surface area contributed by atoms with Gasteiger partial charge in [-0.1, -0.05) is 70.3 Å². The van der Waals surface area contributed by atoms with Crippen molar-refractivity contribution in [3.8, 4) is 0 Å². The molecule has 3 nitrogen and oxygen atoms in total. The van der Waals surface area contributed by atoms with E-state index in [-0.39, 0.29) is 0 Å². The quantitative estimate of drug-likeness (QED) is 0.228. The Morgan fingerprint density at radius 2 is 1.71 bits per heavy atom. The average Bonchev–Trinajstić information content (AvgIpc) is 2.66. The molecule has 0 rings (SSSR count). The van der Waals surface area contributed by atoms with Crippen LogP contribution in [0.1, 0.15) is 86.0 Å². The fourth-order valence-corrected chi connectivity index (χ4v) is 3.95. The Morgan fingerprint density at radius 1 is 0.964 bits per heavy atom. The van der Waals surface area contributed by atoms with E-state index in [4.69, 9.17) is 0 Å². The highest BCUT2D eigenvalue weighted by Gasteiger charge is 2.20. The first-order chi connectivity index (χ1) is 13.5. The van der Waals surface area contributed by atoms with Crippen LogP contribution in [0.2, 0.25) is 0 Å². The third-order valence-corrected chi connectivity index (χ3v) is 5.62. The summed E-state index contributed by atoms with van der Waals surface area (Å²) in [4.78, 5) is 2.76. The molecule has 0 aliphatic carbocycles. The maximum Gasteiger partial charge on any atom is 0.0164 e. The Kier molecular flexibility index (Phi) is 18.0. The normalized spacial score (nSPS) is 14.3. The molecule has 0 aromatic heterocycles. The van der Waals surface area contributed by atoms with Gasteiger partial charge in [0.15, 0.2) is 0 Å². The summed E-state index contributed by atoms with van der Waals surface area (Å²) in [6, 6.07) is 0.721. The highest BCUT2D eigenvalue weighted by molar-refractivity contribution is 5.12. The minimum Gasteiger partial charge on any atom is -0.318 e. The minimum atomic E-state index is 0.721. The zero-order valence-corrected chi connectivity index (χ0v) is 20.2. The van der Waals surface area contributed by atoms with Crippen molar-refractivity contribution in [1.82, 2.24) is 15.5 Å². The largest absolute Gasteiger partial charge is 0.318 e. The van der Waals surface area contributed by atoms with Gasteiger partial charge in [0.25, 0.3) is 0 Å². The molecule has 0 bridgehead atoms. The van der Waals surface area contributed by atoms with Crippen molar-refractivity contribution in [2.45, 2.75) is 92.0 Å². The van der Waals surface area contributed by atoms with Crippen LogP contribution in [-0.4, -0.2) is 51.2 Å². The fourth-order valence-electron chi connectivity index (χ4n) is 3.95. The molecule has 0 aliphatic heterocycles. The van der Waals surface area contributed by atoms with Crippen molar-refractivity contribution < 1.29 is 0 Å². The smallest absolute Gasteiger partial charge is 0.0164 e. The predicted molar refractivity (Wildman–Crippen MR) is 128 cm³/mol. The van der Waals surface area contributed by atoms with Gasteiger partial charge in [-0.3, -0.25) is 4.90 Å². The van der Waals surface area contributed by atoms with E-state index in [1.807, 2.05) is 7.05 Å². The molecule has 166 valence electrons.